The Bertz CT molecular complexity index is 768. The predicted octanol–water partition coefficient (Wildman–Crippen LogP) is 3.77. The Balaban J connectivity index is 0.00000261. The molecule has 3 rings (SSSR count). The highest BCUT2D eigenvalue weighted by molar-refractivity contribution is 6.30. The largest absolute Gasteiger partial charge is 0.493 e. The third kappa shape index (κ3) is 5.28. The van der Waals surface area contributed by atoms with Crippen molar-refractivity contribution in [2.24, 2.45) is 11.7 Å². The number of methoxy groups -OCH3 is 1. The lowest BCUT2D eigenvalue weighted by Gasteiger charge is -2.18. The maximum absolute atomic E-state index is 12.7. The minimum atomic E-state index is 0. The Morgan fingerprint density at radius 3 is 2.59 bits per heavy atom. The van der Waals surface area contributed by atoms with Crippen LogP contribution in [0.4, 0.5) is 0 Å². The average Bonchev–Trinajstić information content (AvgIpc) is 3.16. The van der Waals surface area contributed by atoms with Crippen LogP contribution in [0.25, 0.3) is 0 Å². The van der Waals surface area contributed by atoms with Crippen molar-refractivity contribution in [3.63, 3.8) is 0 Å². The number of halogens is 2. The third-order valence-corrected chi connectivity index (χ3v) is 4.88. The van der Waals surface area contributed by atoms with E-state index in [2.05, 4.69) is 0 Å². The molecule has 146 valence electrons. The van der Waals surface area contributed by atoms with Crippen molar-refractivity contribution in [1.29, 1.82) is 0 Å². The first-order valence-corrected chi connectivity index (χ1v) is 9.03. The molecule has 7 heteroatoms. The fourth-order valence-corrected chi connectivity index (χ4v) is 3.18. The Kier molecular flexibility index (Phi) is 7.78. The first-order chi connectivity index (χ1) is 12.6. The summed E-state index contributed by atoms with van der Waals surface area (Å²) in [6.45, 7) is 2.47. The van der Waals surface area contributed by atoms with Gasteiger partial charge in [-0.05, 0) is 54.8 Å². The summed E-state index contributed by atoms with van der Waals surface area (Å²) in [7, 11) is 1.57. The smallest absolute Gasteiger partial charge is 0.254 e. The molecule has 1 fully saturated rings. The van der Waals surface area contributed by atoms with Gasteiger partial charge in [0.2, 0.25) is 0 Å². The number of amides is 1. The van der Waals surface area contributed by atoms with Crippen LogP contribution in [0.3, 0.4) is 0 Å². The Labute approximate surface area is 170 Å². The van der Waals surface area contributed by atoms with E-state index in [9.17, 15) is 4.79 Å². The average molecular weight is 411 g/mol. The van der Waals surface area contributed by atoms with Gasteiger partial charge in [-0.2, -0.15) is 0 Å². The number of likely N-dealkylation sites (tertiary alicyclic amines) is 1. The maximum atomic E-state index is 12.7. The highest BCUT2D eigenvalue weighted by Crippen LogP contribution is 2.30. The fourth-order valence-electron chi connectivity index (χ4n) is 3.05. The van der Waals surface area contributed by atoms with Gasteiger partial charge >= 0.3 is 0 Å². The summed E-state index contributed by atoms with van der Waals surface area (Å²) >= 11 is 5.89. The second-order valence-electron chi connectivity index (χ2n) is 6.42. The molecule has 1 heterocycles. The summed E-state index contributed by atoms with van der Waals surface area (Å²) in [6.07, 6.45) is 0.960. The van der Waals surface area contributed by atoms with Crippen LogP contribution >= 0.6 is 24.0 Å². The second kappa shape index (κ2) is 9.83. The molecule has 0 bridgehead atoms. The Hall–Kier alpha value is -1.95. The summed E-state index contributed by atoms with van der Waals surface area (Å²) in [6, 6.07) is 12.8. The standard InChI is InChI=1S/C20H23ClN2O3.ClH/c1-25-19-10-16(20(24)23-9-8-15(11-22)12-23)4-7-18(19)26-13-14-2-5-17(21)6-3-14;/h2-7,10,15H,8-9,11-13,22H2,1H3;1H. The van der Waals surface area contributed by atoms with Gasteiger partial charge in [0.05, 0.1) is 7.11 Å². The topological polar surface area (TPSA) is 64.8 Å². The van der Waals surface area contributed by atoms with E-state index in [-0.39, 0.29) is 18.3 Å². The number of nitrogens with two attached hydrogens (primary N) is 1. The van der Waals surface area contributed by atoms with Crippen molar-refractivity contribution in [2.75, 3.05) is 26.7 Å². The Morgan fingerprint density at radius 1 is 1.22 bits per heavy atom. The molecule has 2 N–H and O–H groups in total. The lowest BCUT2D eigenvalue weighted by molar-refractivity contribution is 0.0787. The molecule has 1 saturated heterocycles. The molecule has 0 aromatic heterocycles. The van der Waals surface area contributed by atoms with E-state index in [0.29, 0.717) is 47.7 Å². The molecule has 2 aromatic rings. The van der Waals surface area contributed by atoms with Crippen molar-refractivity contribution in [3.8, 4) is 11.5 Å². The first-order valence-electron chi connectivity index (χ1n) is 8.65. The maximum Gasteiger partial charge on any atom is 0.254 e. The first kappa shape index (κ1) is 21.4. The van der Waals surface area contributed by atoms with Gasteiger partial charge in [-0.1, -0.05) is 23.7 Å². The van der Waals surface area contributed by atoms with E-state index >= 15 is 0 Å². The van der Waals surface area contributed by atoms with Crippen LogP contribution in [0.5, 0.6) is 11.5 Å². The summed E-state index contributed by atoms with van der Waals surface area (Å²) in [5, 5.41) is 0.688. The summed E-state index contributed by atoms with van der Waals surface area (Å²) in [5.41, 5.74) is 7.31. The van der Waals surface area contributed by atoms with Crippen molar-refractivity contribution < 1.29 is 14.3 Å². The van der Waals surface area contributed by atoms with Gasteiger partial charge in [0.1, 0.15) is 6.61 Å². The highest BCUT2D eigenvalue weighted by Gasteiger charge is 2.26. The van der Waals surface area contributed by atoms with E-state index in [1.54, 1.807) is 25.3 Å². The van der Waals surface area contributed by atoms with Gasteiger partial charge in [-0.25, -0.2) is 0 Å². The van der Waals surface area contributed by atoms with Crippen molar-refractivity contribution in [2.45, 2.75) is 13.0 Å². The highest BCUT2D eigenvalue weighted by atomic mass is 35.5. The molecule has 1 aliphatic rings. The van der Waals surface area contributed by atoms with Gasteiger partial charge in [-0.15, -0.1) is 12.4 Å². The fraction of sp³-hybridized carbons (Fsp3) is 0.350. The molecule has 1 unspecified atom stereocenters. The summed E-state index contributed by atoms with van der Waals surface area (Å²) in [4.78, 5) is 14.5. The van der Waals surface area contributed by atoms with Crippen LogP contribution in [0.15, 0.2) is 42.5 Å². The quantitative estimate of drug-likeness (QED) is 0.786. The zero-order valence-electron chi connectivity index (χ0n) is 15.2. The third-order valence-electron chi connectivity index (χ3n) is 4.62. The number of nitrogens with zero attached hydrogens (tertiary/aromatic N) is 1. The number of benzene rings is 2. The minimum Gasteiger partial charge on any atom is -0.493 e. The number of carbonyl (C=O) groups excluding carboxylic acids is 1. The SMILES string of the molecule is COc1cc(C(=O)N2CCC(CN)C2)ccc1OCc1ccc(Cl)cc1.Cl. The zero-order valence-corrected chi connectivity index (χ0v) is 16.8. The lowest BCUT2D eigenvalue weighted by Crippen LogP contribution is -2.29. The van der Waals surface area contributed by atoms with Gasteiger partial charge in [0, 0.05) is 23.7 Å². The molecule has 2 aromatic carbocycles. The molecule has 0 saturated carbocycles. The van der Waals surface area contributed by atoms with Crippen LogP contribution < -0.4 is 15.2 Å². The summed E-state index contributed by atoms with van der Waals surface area (Å²) in [5.74, 6) is 1.53. The van der Waals surface area contributed by atoms with E-state index in [1.807, 2.05) is 29.2 Å². The van der Waals surface area contributed by atoms with Crippen molar-refractivity contribution >= 4 is 29.9 Å². The van der Waals surface area contributed by atoms with E-state index < -0.39 is 0 Å². The van der Waals surface area contributed by atoms with Gasteiger partial charge in [-0.3, -0.25) is 4.79 Å². The molecule has 0 spiro atoms. The van der Waals surface area contributed by atoms with Crippen LogP contribution in [-0.2, 0) is 6.61 Å². The van der Waals surface area contributed by atoms with Gasteiger partial charge < -0.3 is 20.1 Å². The predicted molar refractivity (Wildman–Crippen MR) is 109 cm³/mol. The van der Waals surface area contributed by atoms with Crippen LogP contribution in [0.1, 0.15) is 22.3 Å². The second-order valence-corrected chi connectivity index (χ2v) is 6.86. The van der Waals surface area contributed by atoms with Crippen molar-refractivity contribution in [1.82, 2.24) is 4.90 Å². The normalized spacial score (nSPS) is 16.0. The molecule has 1 amide bonds. The zero-order chi connectivity index (χ0) is 18.5. The number of carbonyl (C=O) groups is 1. The van der Waals surface area contributed by atoms with Crippen LogP contribution in [0, 0.1) is 5.92 Å². The van der Waals surface area contributed by atoms with E-state index in [0.717, 1.165) is 18.5 Å². The molecule has 0 radical (unpaired) electrons. The molecule has 1 aliphatic heterocycles. The lowest BCUT2D eigenvalue weighted by atomic mass is 10.1. The molecular weight excluding hydrogens is 387 g/mol. The minimum absolute atomic E-state index is 0. The number of ether oxygens (including phenoxy) is 2. The molecule has 27 heavy (non-hydrogen) atoms. The van der Waals surface area contributed by atoms with E-state index in [4.69, 9.17) is 26.8 Å². The monoisotopic (exact) mass is 410 g/mol. The number of rotatable bonds is 6. The molecule has 0 aliphatic carbocycles. The molecule has 1 atom stereocenters. The van der Waals surface area contributed by atoms with Crippen LogP contribution in [-0.4, -0.2) is 37.6 Å². The number of hydrogen-bond acceptors (Lipinski definition) is 4. The van der Waals surface area contributed by atoms with Crippen molar-refractivity contribution in [3.05, 3.63) is 58.6 Å². The molecular formula is C20H24Cl2N2O3. The van der Waals surface area contributed by atoms with E-state index in [1.165, 1.54) is 0 Å². The van der Waals surface area contributed by atoms with Gasteiger partial charge in [0.25, 0.3) is 5.91 Å². The molecule has 5 nitrogen and oxygen atoms in total. The Morgan fingerprint density at radius 2 is 1.96 bits per heavy atom. The van der Waals surface area contributed by atoms with Crippen LogP contribution in [0.2, 0.25) is 5.02 Å². The van der Waals surface area contributed by atoms with Gasteiger partial charge in [0.15, 0.2) is 11.5 Å². The number of hydrogen-bond donors (Lipinski definition) is 1. The summed E-state index contributed by atoms with van der Waals surface area (Å²) < 4.78 is 11.3.